The molecule has 0 spiro atoms. The third kappa shape index (κ3) is 3.30. The molecule has 0 aliphatic carbocycles. The molecule has 162 valence electrons. The Balaban J connectivity index is 1.63. The zero-order chi connectivity index (χ0) is 21.4. The average molecular weight is 418 g/mol. The van der Waals surface area contributed by atoms with Gasteiger partial charge in [-0.2, -0.15) is 0 Å². The Morgan fingerprint density at radius 2 is 1.20 bits per heavy atom. The summed E-state index contributed by atoms with van der Waals surface area (Å²) in [6.07, 6.45) is -0.486. The second-order valence-electron chi connectivity index (χ2n) is 7.50. The molecule has 3 N–H and O–H groups in total. The highest BCUT2D eigenvalue weighted by Crippen LogP contribution is 2.52. The van der Waals surface area contributed by atoms with Crippen LogP contribution in [0.3, 0.4) is 0 Å². The molecule has 2 saturated heterocycles. The molecule has 4 atom stereocenters. The van der Waals surface area contributed by atoms with Gasteiger partial charge in [0, 0.05) is 17.4 Å². The number of fused-ring (bicyclic) bond motifs is 1. The van der Waals surface area contributed by atoms with Gasteiger partial charge in [0.25, 0.3) is 0 Å². The van der Waals surface area contributed by atoms with Gasteiger partial charge in [-0.3, -0.25) is 0 Å². The molecule has 0 bridgehead atoms. The third-order valence-corrected chi connectivity index (χ3v) is 5.99. The second-order valence-corrected chi connectivity index (χ2v) is 7.50. The number of benzene rings is 2. The molecule has 4 unspecified atom stereocenters. The average Bonchev–Trinajstić information content (AvgIpc) is 3.36. The number of hydrogen-bond donors (Lipinski definition) is 3. The SMILES string of the molecule is COc1cc(C2OCC3C(c4cc(OC)c(O)c(OC)c4)OCC23)cc(CO)c1O. The van der Waals surface area contributed by atoms with Crippen LogP contribution in [0.1, 0.15) is 28.9 Å². The second kappa shape index (κ2) is 8.22. The van der Waals surface area contributed by atoms with Crippen LogP contribution >= 0.6 is 0 Å². The molecule has 2 heterocycles. The van der Waals surface area contributed by atoms with Gasteiger partial charge in [-0.05, 0) is 35.4 Å². The smallest absolute Gasteiger partial charge is 0.200 e. The first-order valence-electron chi connectivity index (χ1n) is 9.71. The number of ether oxygens (including phenoxy) is 5. The van der Waals surface area contributed by atoms with Crippen LogP contribution in [0.25, 0.3) is 0 Å². The summed E-state index contributed by atoms with van der Waals surface area (Å²) in [6, 6.07) is 6.99. The quantitative estimate of drug-likeness (QED) is 0.657. The molecular formula is C22H26O8. The van der Waals surface area contributed by atoms with E-state index in [1.54, 1.807) is 24.3 Å². The van der Waals surface area contributed by atoms with Crippen molar-refractivity contribution >= 4 is 0 Å². The van der Waals surface area contributed by atoms with Gasteiger partial charge in [0.05, 0.1) is 53.4 Å². The fourth-order valence-electron chi connectivity index (χ4n) is 4.44. The van der Waals surface area contributed by atoms with Crippen molar-refractivity contribution in [3.05, 3.63) is 41.0 Å². The minimum atomic E-state index is -0.303. The van der Waals surface area contributed by atoms with E-state index in [1.807, 2.05) is 0 Å². The van der Waals surface area contributed by atoms with Crippen molar-refractivity contribution in [1.29, 1.82) is 0 Å². The summed E-state index contributed by atoms with van der Waals surface area (Å²) < 4.78 is 28.1. The van der Waals surface area contributed by atoms with Crippen LogP contribution in [-0.4, -0.2) is 49.9 Å². The maximum absolute atomic E-state index is 10.2. The first-order valence-corrected chi connectivity index (χ1v) is 9.71. The molecule has 2 fully saturated rings. The number of aromatic hydroxyl groups is 2. The lowest BCUT2D eigenvalue weighted by Gasteiger charge is -2.19. The third-order valence-electron chi connectivity index (χ3n) is 5.99. The van der Waals surface area contributed by atoms with Crippen molar-refractivity contribution in [2.45, 2.75) is 18.8 Å². The zero-order valence-electron chi connectivity index (χ0n) is 17.1. The normalized spacial score (nSPS) is 25.2. The van der Waals surface area contributed by atoms with Crippen molar-refractivity contribution in [2.75, 3.05) is 34.5 Å². The van der Waals surface area contributed by atoms with E-state index in [9.17, 15) is 15.3 Å². The standard InChI is InChI=1S/C22H26O8/c1-26-16-5-11(4-13(8-23)19(16)24)21-14-9-30-22(15(14)10-29-21)12-6-17(27-2)20(25)18(7-12)28-3/h4-7,14-15,21-25H,8-10H2,1-3H3. The highest BCUT2D eigenvalue weighted by atomic mass is 16.5. The summed E-state index contributed by atoms with van der Waals surface area (Å²) in [4.78, 5) is 0. The monoisotopic (exact) mass is 418 g/mol. The van der Waals surface area contributed by atoms with Gasteiger partial charge in [-0.15, -0.1) is 0 Å². The molecule has 2 aliphatic heterocycles. The highest BCUT2D eigenvalue weighted by Gasteiger charge is 2.48. The molecule has 8 heteroatoms. The number of aliphatic hydroxyl groups is 1. The topological polar surface area (TPSA) is 107 Å². The van der Waals surface area contributed by atoms with E-state index in [2.05, 4.69) is 0 Å². The molecule has 2 aromatic rings. The van der Waals surface area contributed by atoms with E-state index < -0.39 is 0 Å². The maximum atomic E-state index is 10.2. The first-order chi connectivity index (χ1) is 14.5. The fraction of sp³-hybridized carbons (Fsp3) is 0.455. The molecule has 30 heavy (non-hydrogen) atoms. The van der Waals surface area contributed by atoms with Crippen molar-refractivity contribution in [3.8, 4) is 28.7 Å². The molecule has 4 rings (SSSR count). The lowest BCUT2D eigenvalue weighted by molar-refractivity contribution is 0.0190. The maximum Gasteiger partial charge on any atom is 0.200 e. The lowest BCUT2D eigenvalue weighted by Crippen LogP contribution is -2.15. The van der Waals surface area contributed by atoms with Crippen LogP contribution in [0.15, 0.2) is 24.3 Å². The number of phenols is 2. The number of methoxy groups -OCH3 is 3. The highest BCUT2D eigenvalue weighted by molar-refractivity contribution is 5.53. The first kappa shape index (κ1) is 20.6. The number of aliphatic hydroxyl groups excluding tert-OH is 1. The van der Waals surface area contributed by atoms with Crippen LogP contribution in [0.5, 0.6) is 28.7 Å². The van der Waals surface area contributed by atoms with Crippen molar-refractivity contribution in [1.82, 2.24) is 0 Å². The van der Waals surface area contributed by atoms with Gasteiger partial charge >= 0.3 is 0 Å². The van der Waals surface area contributed by atoms with E-state index in [1.165, 1.54) is 21.3 Å². The van der Waals surface area contributed by atoms with Gasteiger partial charge in [0.2, 0.25) is 5.75 Å². The van der Waals surface area contributed by atoms with E-state index in [-0.39, 0.29) is 42.1 Å². The predicted molar refractivity (Wildman–Crippen MR) is 106 cm³/mol. The van der Waals surface area contributed by atoms with Crippen LogP contribution in [-0.2, 0) is 16.1 Å². The van der Waals surface area contributed by atoms with Crippen molar-refractivity contribution in [3.63, 3.8) is 0 Å². The van der Waals surface area contributed by atoms with E-state index >= 15 is 0 Å². The Morgan fingerprint density at radius 3 is 1.63 bits per heavy atom. The lowest BCUT2D eigenvalue weighted by atomic mass is 9.84. The molecule has 2 aliphatic rings. The van der Waals surface area contributed by atoms with Crippen LogP contribution < -0.4 is 14.2 Å². The minimum absolute atomic E-state index is 0.0495. The molecular weight excluding hydrogens is 392 g/mol. The van der Waals surface area contributed by atoms with Gasteiger partial charge in [0.1, 0.15) is 0 Å². The molecule has 2 aromatic carbocycles. The Hall–Kier alpha value is -2.68. The summed E-state index contributed by atoms with van der Waals surface area (Å²) >= 11 is 0. The number of phenolic OH excluding ortho intramolecular Hbond substituents is 1. The summed E-state index contributed by atoms with van der Waals surface area (Å²) in [5.41, 5.74) is 2.06. The van der Waals surface area contributed by atoms with Crippen molar-refractivity contribution in [2.24, 2.45) is 11.8 Å². The largest absolute Gasteiger partial charge is 0.504 e. The van der Waals surface area contributed by atoms with Gasteiger partial charge in [0.15, 0.2) is 23.0 Å². The van der Waals surface area contributed by atoms with Gasteiger partial charge < -0.3 is 39.0 Å². The van der Waals surface area contributed by atoms with Crippen LogP contribution in [0, 0.1) is 11.8 Å². The zero-order valence-corrected chi connectivity index (χ0v) is 17.1. The predicted octanol–water partition coefficient (Wildman–Crippen LogP) is 2.69. The molecule has 8 nitrogen and oxygen atoms in total. The minimum Gasteiger partial charge on any atom is -0.504 e. The van der Waals surface area contributed by atoms with Gasteiger partial charge in [-0.25, -0.2) is 0 Å². The Morgan fingerprint density at radius 1 is 0.767 bits per heavy atom. The van der Waals surface area contributed by atoms with E-state index in [0.29, 0.717) is 36.0 Å². The molecule has 0 saturated carbocycles. The number of rotatable bonds is 6. The van der Waals surface area contributed by atoms with Crippen molar-refractivity contribution < 1.29 is 39.0 Å². The molecule has 0 amide bonds. The van der Waals surface area contributed by atoms with Crippen LogP contribution in [0.2, 0.25) is 0 Å². The summed E-state index contributed by atoms with van der Waals surface area (Å²) in [6.45, 7) is 0.676. The summed E-state index contributed by atoms with van der Waals surface area (Å²) in [7, 11) is 4.45. The Kier molecular flexibility index (Phi) is 5.64. The van der Waals surface area contributed by atoms with Crippen LogP contribution in [0.4, 0.5) is 0 Å². The Bertz CT molecular complexity index is 802. The van der Waals surface area contributed by atoms with Gasteiger partial charge in [-0.1, -0.05) is 0 Å². The molecule has 0 aromatic heterocycles. The summed E-state index contributed by atoms with van der Waals surface area (Å²) in [5, 5.41) is 29.9. The Labute approximate surface area is 174 Å². The number of hydrogen-bond acceptors (Lipinski definition) is 8. The molecule has 0 radical (unpaired) electrons. The van der Waals surface area contributed by atoms with E-state index in [4.69, 9.17) is 23.7 Å². The fourth-order valence-corrected chi connectivity index (χ4v) is 4.44. The summed E-state index contributed by atoms with van der Waals surface area (Å²) in [5.74, 6) is 0.999. The van der Waals surface area contributed by atoms with E-state index in [0.717, 1.165) is 11.1 Å².